The summed E-state index contributed by atoms with van der Waals surface area (Å²) in [6.45, 7) is 0. The van der Waals surface area contributed by atoms with Crippen LogP contribution in [0.2, 0.25) is 5.02 Å². The van der Waals surface area contributed by atoms with Gasteiger partial charge < -0.3 is 0 Å². The number of pyridine rings is 1. The van der Waals surface area contributed by atoms with Gasteiger partial charge in [-0.3, -0.25) is 9.59 Å². The Labute approximate surface area is 109 Å². The third-order valence-electron chi connectivity index (χ3n) is 3.46. The number of allylic oxidation sites excluding steroid dienone is 2. The van der Waals surface area contributed by atoms with Crippen LogP contribution in [-0.2, 0) is 9.59 Å². The summed E-state index contributed by atoms with van der Waals surface area (Å²) < 4.78 is 0. The molecule has 18 heavy (non-hydrogen) atoms. The highest BCUT2D eigenvalue weighted by Gasteiger charge is 2.48. The van der Waals surface area contributed by atoms with Gasteiger partial charge in [-0.15, -0.1) is 0 Å². The number of nitrogens with zero attached hydrogens (tertiary/aromatic N) is 2. The molecule has 4 nitrogen and oxygen atoms in total. The van der Waals surface area contributed by atoms with Crippen molar-refractivity contribution in [1.29, 1.82) is 0 Å². The molecule has 2 unspecified atom stereocenters. The summed E-state index contributed by atoms with van der Waals surface area (Å²) in [7, 11) is 0. The fourth-order valence-corrected chi connectivity index (χ4v) is 2.76. The lowest BCUT2D eigenvalue weighted by Gasteiger charge is -2.14. The van der Waals surface area contributed by atoms with Crippen LogP contribution in [0, 0.1) is 11.8 Å². The first-order valence-electron chi connectivity index (χ1n) is 5.83. The smallest absolute Gasteiger partial charge is 0.239 e. The van der Waals surface area contributed by atoms with Gasteiger partial charge >= 0.3 is 0 Å². The van der Waals surface area contributed by atoms with Gasteiger partial charge in [0.05, 0.1) is 16.9 Å². The van der Waals surface area contributed by atoms with Crippen LogP contribution in [0.4, 0.5) is 5.82 Å². The lowest BCUT2D eigenvalue weighted by atomic mass is 9.85. The average molecular weight is 263 g/mol. The van der Waals surface area contributed by atoms with Gasteiger partial charge in [0.25, 0.3) is 0 Å². The van der Waals surface area contributed by atoms with Crippen molar-refractivity contribution in [2.24, 2.45) is 11.8 Å². The molecule has 0 saturated carbocycles. The van der Waals surface area contributed by atoms with E-state index in [2.05, 4.69) is 4.98 Å². The standard InChI is InChI=1S/C13H11ClN2O2/c14-10-6-3-7-15-11(10)16-12(17)8-4-1-2-5-9(8)13(16)18/h1-3,6-9H,4-5H2. The fourth-order valence-electron chi connectivity index (χ4n) is 2.55. The lowest BCUT2D eigenvalue weighted by Crippen LogP contribution is -2.31. The van der Waals surface area contributed by atoms with Gasteiger partial charge in [0, 0.05) is 6.20 Å². The minimum atomic E-state index is -0.249. The quantitative estimate of drug-likeness (QED) is 0.576. The third-order valence-corrected chi connectivity index (χ3v) is 3.75. The van der Waals surface area contributed by atoms with E-state index in [1.165, 1.54) is 6.20 Å². The van der Waals surface area contributed by atoms with E-state index in [-0.39, 0.29) is 29.5 Å². The van der Waals surface area contributed by atoms with Crippen molar-refractivity contribution in [3.05, 3.63) is 35.5 Å². The van der Waals surface area contributed by atoms with Gasteiger partial charge in [0.2, 0.25) is 11.8 Å². The molecule has 0 bridgehead atoms. The Hall–Kier alpha value is -1.68. The highest BCUT2D eigenvalue weighted by atomic mass is 35.5. The van der Waals surface area contributed by atoms with Crippen LogP contribution in [0.15, 0.2) is 30.5 Å². The number of carbonyl (C=O) groups excluding carboxylic acids is 2. The minimum Gasteiger partial charge on any atom is -0.274 e. The topological polar surface area (TPSA) is 50.3 Å². The monoisotopic (exact) mass is 262 g/mol. The zero-order chi connectivity index (χ0) is 12.7. The minimum absolute atomic E-state index is 0.185. The van der Waals surface area contributed by atoms with E-state index in [9.17, 15) is 9.59 Å². The summed E-state index contributed by atoms with van der Waals surface area (Å²) in [4.78, 5) is 29.7. The summed E-state index contributed by atoms with van der Waals surface area (Å²) in [5.41, 5.74) is 0. The second-order valence-electron chi connectivity index (χ2n) is 4.48. The fraction of sp³-hybridized carbons (Fsp3) is 0.308. The summed E-state index contributed by atoms with van der Waals surface area (Å²) >= 11 is 6.01. The Morgan fingerprint density at radius 2 is 1.78 bits per heavy atom. The number of halogens is 1. The van der Waals surface area contributed by atoms with E-state index in [1.54, 1.807) is 12.1 Å². The number of imide groups is 1. The molecule has 2 heterocycles. The van der Waals surface area contributed by atoms with Crippen LogP contribution in [0.3, 0.4) is 0 Å². The van der Waals surface area contributed by atoms with Gasteiger partial charge in [-0.1, -0.05) is 23.8 Å². The zero-order valence-electron chi connectivity index (χ0n) is 9.54. The van der Waals surface area contributed by atoms with Gasteiger partial charge in [-0.2, -0.15) is 0 Å². The Morgan fingerprint density at radius 1 is 1.17 bits per heavy atom. The maximum atomic E-state index is 12.3. The number of rotatable bonds is 1. The van der Waals surface area contributed by atoms with Crippen molar-refractivity contribution >= 4 is 29.2 Å². The average Bonchev–Trinajstić information content (AvgIpc) is 2.64. The Morgan fingerprint density at radius 3 is 2.33 bits per heavy atom. The first kappa shape index (κ1) is 11.4. The zero-order valence-corrected chi connectivity index (χ0v) is 10.3. The molecule has 5 heteroatoms. The van der Waals surface area contributed by atoms with Crippen LogP contribution in [0.5, 0.6) is 0 Å². The second kappa shape index (κ2) is 4.21. The maximum Gasteiger partial charge on any atom is 0.239 e. The van der Waals surface area contributed by atoms with Crippen molar-refractivity contribution in [1.82, 2.24) is 4.98 Å². The second-order valence-corrected chi connectivity index (χ2v) is 4.88. The highest BCUT2D eigenvalue weighted by Crippen LogP contribution is 2.38. The number of fused-ring (bicyclic) bond motifs is 1. The van der Waals surface area contributed by atoms with Crippen LogP contribution in [-0.4, -0.2) is 16.8 Å². The molecule has 1 fully saturated rings. The summed E-state index contributed by atoms with van der Waals surface area (Å²) in [6.07, 6.45) is 6.68. The van der Waals surface area contributed by atoms with Gasteiger partial charge in [-0.25, -0.2) is 9.88 Å². The SMILES string of the molecule is O=C1C2CC=CCC2C(=O)N1c1ncccc1Cl. The molecule has 92 valence electrons. The van der Waals surface area contributed by atoms with Crippen molar-refractivity contribution in [3.63, 3.8) is 0 Å². The summed E-state index contributed by atoms with van der Waals surface area (Å²) in [6, 6.07) is 3.30. The van der Waals surface area contributed by atoms with E-state index < -0.39 is 0 Å². The summed E-state index contributed by atoms with van der Waals surface area (Å²) in [5.74, 6) is -0.616. The molecule has 1 saturated heterocycles. The van der Waals surface area contributed by atoms with Gasteiger partial charge in [0.1, 0.15) is 0 Å². The largest absolute Gasteiger partial charge is 0.274 e. The number of carbonyl (C=O) groups is 2. The molecule has 2 atom stereocenters. The molecule has 2 aliphatic rings. The third kappa shape index (κ3) is 1.56. The first-order valence-corrected chi connectivity index (χ1v) is 6.21. The normalized spacial score (nSPS) is 26.6. The molecule has 1 aliphatic carbocycles. The Kier molecular flexibility index (Phi) is 2.67. The van der Waals surface area contributed by atoms with E-state index in [0.717, 1.165) is 4.90 Å². The van der Waals surface area contributed by atoms with E-state index in [4.69, 9.17) is 11.6 Å². The van der Waals surface area contributed by atoms with E-state index >= 15 is 0 Å². The molecule has 0 spiro atoms. The van der Waals surface area contributed by atoms with Crippen LogP contribution >= 0.6 is 11.6 Å². The molecule has 1 aromatic heterocycles. The van der Waals surface area contributed by atoms with Crippen molar-refractivity contribution < 1.29 is 9.59 Å². The highest BCUT2D eigenvalue weighted by molar-refractivity contribution is 6.35. The van der Waals surface area contributed by atoms with Crippen molar-refractivity contribution in [2.45, 2.75) is 12.8 Å². The number of hydrogen-bond donors (Lipinski definition) is 0. The predicted octanol–water partition coefficient (Wildman–Crippen LogP) is 2.19. The lowest BCUT2D eigenvalue weighted by molar-refractivity contribution is -0.122. The number of anilines is 1. The molecule has 2 amide bonds. The first-order chi connectivity index (χ1) is 8.70. The number of hydrogen-bond acceptors (Lipinski definition) is 3. The summed E-state index contributed by atoms with van der Waals surface area (Å²) in [5, 5.41) is 0.325. The molecule has 1 aliphatic heterocycles. The number of amides is 2. The maximum absolute atomic E-state index is 12.3. The van der Waals surface area contributed by atoms with Crippen LogP contribution < -0.4 is 4.90 Å². The molecule has 0 N–H and O–H groups in total. The van der Waals surface area contributed by atoms with Crippen LogP contribution in [0.25, 0.3) is 0 Å². The number of aromatic nitrogens is 1. The van der Waals surface area contributed by atoms with E-state index in [0.29, 0.717) is 17.9 Å². The molecule has 1 aromatic rings. The molecular weight excluding hydrogens is 252 g/mol. The molecule has 3 rings (SSSR count). The van der Waals surface area contributed by atoms with Crippen molar-refractivity contribution in [2.75, 3.05) is 4.90 Å². The van der Waals surface area contributed by atoms with Crippen molar-refractivity contribution in [3.8, 4) is 0 Å². The Bertz CT molecular complexity index is 530. The van der Waals surface area contributed by atoms with Crippen LogP contribution in [0.1, 0.15) is 12.8 Å². The molecular formula is C13H11ClN2O2. The molecule has 0 aromatic carbocycles. The van der Waals surface area contributed by atoms with E-state index in [1.807, 2.05) is 12.2 Å². The Balaban J connectivity index is 2.02. The van der Waals surface area contributed by atoms with Gasteiger partial charge in [-0.05, 0) is 25.0 Å². The molecule has 0 radical (unpaired) electrons. The van der Waals surface area contributed by atoms with Gasteiger partial charge in [0.15, 0.2) is 5.82 Å². The predicted molar refractivity (Wildman–Crippen MR) is 67.1 cm³/mol.